The van der Waals surface area contributed by atoms with Crippen LogP contribution in [0.3, 0.4) is 0 Å². The summed E-state index contributed by atoms with van der Waals surface area (Å²) in [5.41, 5.74) is 2.56. The first-order valence-electron chi connectivity index (χ1n) is 8.22. The predicted molar refractivity (Wildman–Crippen MR) is 84.4 cm³/mol. The Kier molecular flexibility index (Phi) is 4.57. The van der Waals surface area contributed by atoms with Crippen LogP contribution in [0.5, 0.6) is 0 Å². The molecule has 1 nitrogen and oxygen atoms in total. The van der Waals surface area contributed by atoms with Gasteiger partial charge >= 0.3 is 0 Å². The van der Waals surface area contributed by atoms with Crippen molar-refractivity contribution in [2.24, 2.45) is 11.8 Å². The molecule has 1 heteroatoms. The van der Waals surface area contributed by atoms with Crippen LogP contribution in [0.4, 0.5) is 0 Å². The van der Waals surface area contributed by atoms with Gasteiger partial charge in [0.15, 0.2) is 0 Å². The van der Waals surface area contributed by atoms with Gasteiger partial charge < -0.3 is 5.11 Å². The Hall–Kier alpha value is -1.08. The lowest BCUT2D eigenvalue weighted by molar-refractivity contribution is 0.252. The van der Waals surface area contributed by atoms with Crippen molar-refractivity contribution < 1.29 is 5.11 Å². The third-order valence-corrected chi connectivity index (χ3v) is 4.92. The highest BCUT2D eigenvalue weighted by atomic mass is 16.3. The average molecular weight is 270 g/mol. The third-order valence-electron chi connectivity index (χ3n) is 4.92. The number of aliphatic hydroxyl groups is 1. The van der Waals surface area contributed by atoms with Gasteiger partial charge in [0, 0.05) is 0 Å². The largest absolute Gasteiger partial charge is 0.384 e. The second kappa shape index (κ2) is 6.58. The fraction of sp³-hybridized carbons (Fsp3) is 0.579. The van der Waals surface area contributed by atoms with Gasteiger partial charge in [-0.3, -0.25) is 0 Å². The highest BCUT2D eigenvalue weighted by Gasteiger charge is 2.25. The number of allylic oxidation sites excluding steroid dienone is 6. The quantitative estimate of drug-likeness (QED) is 0.721. The first kappa shape index (κ1) is 13.9. The van der Waals surface area contributed by atoms with Crippen LogP contribution in [0.1, 0.15) is 51.4 Å². The Balaban J connectivity index is 1.65. The molecule has 0 aromatic carbocycles. The smallest absolute Gasteiger partial charge is 0.0961 e. The van der Waals surface area contributed by atoms with Gasteiger partial charge in [-0.2, -0.15) is 0 Å². The molecule has 0 heterocycles. The number of hydrogen-bond acceptors (Lipinski definition) is 1. The zero-order valence-electron chi connectivity index (χ0n) is 12.3. The van der Waals surface area contributed by atoms with Crippen molar-refractivity contribution in [1.82, 2.24) is 0 Å². The van der Waals surface area contributed by atoms with Crippen molar-refractivity contribution in [3.05, 3.63) is 47.6 Å². The molecule has 0 aromatic rings. The summed E-state index contributed by atoms with van der Waals surface area (Å²) in [6.45, 7) is 0. The molecule has 108 valence electrons. The second-order valence-electron chi connectivity index (χ2n) is 6.47. The summed E-state index contributed by atoms with van der Waals surface area (Å²) in [5.74, 6) is 1.31. The van der Waals surface area contributed by atoms with Gasteiger partial charge in [-0.05, 0) is 74.3 Å². The van der Waals surface area contributed by atoms with E-state index in [2.05, 4.69) is 36.5 Å². The zero-order valence-corrected chi connectivity index (χ0v) is 12.3. The maximum absolute atomic E-state index is 10.5. The Bertz CT molecular complexity index is 410. The lowest BCUT2D eigenvalue weighted by Gasteiger charge is -2.17. The molecule has 0 aromatic heterocycles. The van der Waals surface area contributed by atoms with E-state index in [0.717, 1.165) is 25.7 Å². The van der Waals surface area contributed by atoms with Crippen LogP contribution in [0, 0.1) is 11.8 Å². The molecule has 0 aliphatic heterocycles. The number of rotatable bonds is 2. The Labute approximate surface area is 122 Å². The van der Waals surface area contributed by atoms with Gasteiger partial charge in [-0.1, -0.05) is 36.5 Å². The van der Waals surface area contributed by atoms with E-state index in [1.807, 2.05) is 0 Å². The Morgan fingerprint density at radius 1 is 0.800 bits per heavy atom. The summed E-state index contributed by atoms with van der Waals surface area (Å²) in [5, 5.41) is 10.5. The van der Waals surface area contributed by atoms with E-state index in [0.29, 0.717) is 11.8 Å². The molecule has 1 fully saturated rings. The van der Waals surface area contributed by atoms with Crippen molar-refractivity contribution >= 4 is 0 Å². The highest BCUT2D eigenvalue weighted by Crippen LogP contribution is 2.35. The van der Waals surface area contributed by atoms with E-state index in [-0.39, 0.29) is 6.10 Å². The van der Waals surface area contributed by atoms with Crippen LogP contribution in [-0.4, -0.2) is 11.2 Å². The van der Waals surface area contributed by atoms with E-state index in [9.17, 15) is 5.11 Å². The van der Waals surface area contributed by atoms with Crippen molar-refractivity contribution in [1.29, 1.82) is 0 Å². The molecule has 0 amide bonds. The first-order chi connectivity index (χ1) is 9.83. The minimum atomic E-state index is -0.285. The molecule has 3 aliphatic rings. The summed E-state index contributed by atoms with van der Waals surface area (Å²) in [6, 6.07) is 0. The monoisotopic (exact) mass is 270 g/mol. The fourth-order valence-corrected chi connectivity index (χ4v) is 3.69. The summed E-state index contributed by atoms with van der Waals surface area (Å²) >= 11 is 0. The number of aliphatic hydroxyl groups excluding tert-OH is 1. The normalized spacial score (nSPS) is 38.0. The molecular formula is C19H26O. The minimum Gasteiger partial charge on any atom is -0.384 e. The van der Waals surface area contributed by atoms with E-state index < -0.39 is 0 Å². The molecule has 1 saturated carbocycles. The van der Waals surface area contributed by atoms with Crippen LogP contribution >= 0.6 is 0 Å². The highest BCUT2D eigenvalue weighted by molar-refractivity contribution is 5.32. The van der Waals surface area contributed by atoms with Gasteiger partial charge in [-0.15, -0.1) is 0 Å². The molecule has 3 aliphatic carbocycles. The van der Waals surface area contributed by atoms with E-state index in [1.54, 1.807) is 0 Å². The van der Waals surface area contributed by atoms with Crippen LogP contribution in [0.2, 0.25) is 0 Å². The van der Waals surface area contributed by atoms with Crippen LogP contribution in [0.15, 0.2) is 47.6 Å². The van der Waals surface area contributed by atoms with Crippen molar-refractivity contribution in [3.8, 4) is 0 Å². The summed E-state index contributed by atoms with van der Waals surface area (Å²) in [6.07, 6.45) is 22.9. The third kappa shape index (κ3) is 3.32. The first-order valence-corrected chi connectivity index (χ1v) is 8.22. The molecule has 0 saturated heterocycles. The van der Waals surface area contributed by atoms with Crippen molar-refractivity contribution in [3.63, 3.8) is 0 Å². The molecular weight excluding hydrogens is 244 g/mol. The SMILES string of the molecule is OC1/C(=C/[C@@H]2CC=CCC2)CC/C1=C\[C@H]1CC=CCC1. The maximum Gasteiger partial charge on any atom is 0.0961 e. The summed E-state index contributed by atoms with van der Waals surface area (Å²) in [4.78, 5) is 0. The van der Waals surface area contributed by atoms with E-state index in [1.165, 1.54) is 36.8 Å². The predicted octanol–water partition coefficient (Wildman–Crippen LogP) is 4.71. The molecule has 0 radical (unpaired) electrons. The Morgan fingerprint density at radius 3 is 1.70 bits per heavy atom. The Morgan fingerprint density at radius 2 is 1.30 bits per heavy atom. The van der Waals surface area contributed by atoms with E-state index >= 15 is 0 Å². The average Bonchev–Trinajstić information content (AvgIpc) is 2.83. The van der Waals surface area contributed by atoms with Gasteiger partial charge in [0.2, 0.25) is 0 Å². The van der Waals surface area contributed by atoms with Gasteiger partial charge in [0.25, 0.3) is 0 Å². The lowest BCUT2D eigenvalue weighted by atomic mass is 9.90. The van der Waals surface area contributed by atoms with Crippen LogP contribution in [0.25, 0.3) is 0 Å². The molecule has 3 atom stereocenters. The van der Waals surface area contributed by atoms with Gasteiger partial charge in [-0.25, -0.2) is 0 Å². The van der Waals surface area contributed by atoms with Crippen molar-refractivity contribution in [2.75, 3.05) is 0 Å². The zero-order chi connectivity index (χ0) is 13.8. The number of hydrogen-bond donors (Lipinski definition) is 1. The molecule has 0 bridgehead atoms. The van der Waals surface area contributed by atoms with Gasteiger partial charge in [0.1, 0.15) is 0 Å². The topological polar surface area (TPSA) is 20.2 Å². The summed E-state index contributed by atoms with van der Waals surface area (Å²) < 4.78 is 0. The van der Waals surface area contributed by atoms with Crippen LogP contribution < -0.4 is 0 Å². The summed E-state index contributed by atoms with van der Waals surface area (Å²) in [7, 11) is 0. The second-order valence-corrected chi connectivity index (χ2v) is 6.47. The molecule has 3 rings (SSSR count). The minimum absolute atomic E-state index is 0.285. The van der Waals surface area contributed by atoms with E-state index in [4.69, 9.17) is 0 Å². The molecule has 0 spiro atoms. The maximum atomic E-state index is 10.5. The fourth-order valence-electron chi connectivity index (χ4n) is 3.69. The standard InChI is InChI=1S/C19H26O/c20-19-17(13-15-7-3-1-4-8-15)11-12-18(19)14-16-9-5-2-6-10-16/h1-3,5,13-16,19-20H,4,6-12H2/b17-13+,18-14+/t15-,16+,19?. The molecule has 20 heavy (non-hydrogen) atoms. The lowest BCUT2D eigenvalue weighted by Crippen LogP contribution is -2.10. The van der Waals surface area contributed by atoms with Crippen LogP contribution in [-0.2, 0) is 0 Å². The van der Waals surface area contributed by atoms with Crippen molar-refractivity contribution in [2.45, 2.75) is 57.5 Å². The molecule has 1 N–H and O–H groups in total. The molecule has 1 unspecified atom stereocenters. The van der Waals surface area contributed by atoms with Gasteiger partial charge in [0.05, 0.1) is 6.10 Å².